The minimum absolute atomic E-state index is 0.376. The number of nitrogens with zero attached hydrogens (tertiary/aromatic N) is 1. The molecule has 1 aromatic rings. The molecule has 1 fully saturated rings. The molecule has 2 rings (SSSR count). The molecule has 1 aromatic heterocycles. The Balaban J connectivity index is 1.94. The Labute approximate surface area is 94.6 Å². The summed E-state index contributed by atoms with van der Waals surface area (Å²) in [6, 6.07) is 1.90. The van der Waals surface area contributed by atoms with Crippen molar-refractivity contribution in [2.24, 2.45) is 0 Å². The van der Waals surface area contributed by atoms with Gasteiger partial charge >= 0.3 is 0 Å². The topological polar surface area (TPSA) is 67.0 Å². The van der Waals surface area contributed by atoms with Gasteiger partial charge in [0.05, 0.1) is 6.10 Å². The van der Waals surface area contributed by atoms with Crippen LogP contribution < -0.4 is 5.32 Å². The maximum Gasteiger partial charge on any atom is 0.212 e. The van der Waals surface area contributed by atoms with Crippen LogP contribution in [0, 0.1) is 0 Å². The molecule has 16 heavy (non-hydrogen) atoms. The smallest absolute Gasteiger partial charge is 0.212 e. The summed E-state index contributed by atoms with van der Waals surface area (Å²) in [6.07, 6.45) is 4.27. The summed E-state index contributed by atoms with van der Waals surface area (Å²) in [5.41, 5.74) is 1.09. The lowest BCUT2D eigenvalue weighted by atomic mass is 10.0. The molecule has 5 nitrogen and oxygen atoms in total. The molecular weight excluding hydrogens is 206 g/mol. The maximum absolute atomic E-state index is 10.3. The average molecular weight is 223 g/mol. The zero-order valence-electron chi connectivity index (χ0n) is 9.40. The van der Waals surface area contributed by atoms with E-state index in [1.54, 1.807) is 0 Å². The van der Waals surface area contributed by atoms with Gasteiger partial charge in [-0.05, 0) is 26.2 Å². The lowest BCUT2D eigenvalue weighted by molar-refractivity contribution is -0.105. The summed E-state index contributed by atoms with van der Waals surface area (Å²) in [7, 11) is 0. The van der Waals surface area contributed by atoms with Gasteiger partial charge in [-0.15, -0.1) is 0 Å². The van der Waals surface area contributed by atoms with Crippen LogP contribution in [0.1, 0.15) is 37.8 Å². The van der Waals surface area contributed by atoms with Crippen LogP contribution in [-0.2, 0) is 9.53 Å². The van der Waals surface area contributed by atoms with E-state index in [-0.39, 0.29) is 0 Å². The van der Waals surface area contributed by atoms with E-state index in [0.29, 0.717) is 24.2 Å². The number of H-pyrrole nitrogens is 1. The lowest BCUT2D eigenvalue weighted by Gasteiger charge is -2.09. The number of rotatable bonds is 5. The SMILES string of the molecule is CCOC1CCC(c2cc(NC=O)n[nH]2)C1. The predicted octanol–water partition coefficient (Wildman–Crippen LogP) is 1.65. The number of aromatic nitrogens is 2. The lowest BCUT2D eigenvalue weighted by Crippen LogP contribution is -2.07. The summed E-state index contributed by atoms with van der Waals surface area (Å²) in [5.74, 6) is 1.07. The number of carbonyl (C=O) groups is 1. The molecule has 0 radical (unpaired) electrons. The molecule has 2 N–H and O–H groups in total. The van der Waals surface area contributed by atoms with Gasteiger partial charge in [0, 0.05) is 24.3 Å². The van der Waals surface area contributed by atoms with Crippen molar-refractivity contribution in [1.29, 1.82) is 0 Å². The highest BCUT2D eigenvalue weighted by Gasteiger charge is 2.27. The molecule has 0 saturated heterocycles. The molecule has 88 valence electrons. The normalized spacial score (nSPS) is 24.6. The molecule has 0 aromatic carbocycles. The molecule has 1 heterocycles. The van der Waals surface area contributed by atoms with E-state index in [0.717, 1.165) is 31.6 Å². The highest BCUT2D eigenvalue weighted by molar-refractivity contribution is 5.68. The predicted molar refractivity (Wildman–Crippen MR) is 60.3 cm³/mol. The van der Waals surface area contributed by atoms with Crippen molar-refractivity contribution in [1.82, 2.24) is 10.2 Å². The van der Waals surface area contributed by atoms with Gasteiger partial charge in [-0.25, -0.2) is 0 Å². The number of carbonyl (C=O) groups excluding carboxylic acids is 1. The van der Waals surface area contributed by atoms with Crippen molar-refractivity contribution in [2.75, 3.05) is 11.9 Å². The number of hydrogen-bond donors (Lipinski definition) is 2. The van der Waals surface area contributed by atoms with E-state index in [1.807, 2.05) is 13.0 Å². The second-order valence-corrected chi connectivity index (χ2v) is 4.06. The highest BCUT2D eigenvalue weighted by atomic mass is 16.5. The van der Waals surface area contributed by atoms with E-state index in [4.69, 9.17) is 4.74 Å². The van der Waals surface area contributed by atoms with Gasteiger partial charge < -0.3 is 10.1 Å². The summed E-state index contributed by atoms with van der Waals surface area (Å²) in [4.78, 5) is 10.3. The van der Waals surface area contributed by atoms with Crippen molar-refractivity contribution in [3.63, 3.8) is 0 Å². The van der Waals surface area contributed by atoms with Crippen molar-refractivity contribution in [3.8, 4) is 0 Å². The van der Waals surface area contributed by atoms with Crippen molar-refractivity contribution >= 4 is 12.2 Å². The van der Waals surface area contributed by atoms with Crippen LogP contribution in [0.2, 0.25) is 0 Å². The molecule has 2 unspecified atom stereocenters. The van der Waals surface area contributed by atoms with E-state index >= 15 is 0 Å². The number of aromatic amines is 1. The van der Waals surface area contributed by atoms with E-state index < -0.39 is 0 Å². The summed E-state index contributed by atoms with van der Waals surface area (Å²) in [6.45, 7) is 2.80. The fourth-order valence-corrected chi connectivity index (χ4v) is 2.29. The molecule has 1 amide bonds. The Morgan fingerprint density at radius 2 is 2.56 bits per heavy atom. The fraction of sp³-hybridized carbons (Fsp3) is 0.636. The fourth-order valence-electron chi connectivity index (χ4n) is 2.29. The number of anilines is 1. The van der Waals surface area contributed by atoms with Crippen LogP contribution in [0.3, 0.4) is 0 Å². The summed E-state index contributed by atoms with van der Waals surface area (Å²) < 4.78 is 5.60. The molecule has 0 bridgehead atoms. The van der Waals surface area contributed by atoms with Crippen LogP contribution in [-0.4, -0.2) is 29.3 Å². The summed E-state index contributed by atoms with van der Waals surface area (Å²) in [5, 5.41) is 9.52. The zero-order valence-corrected chi connectivity index (χ0v) is 9.40. The molecule has 1 aliphatic rings. The molecular formula is C11H17N3O2. The second kappa shape index (κ2) is 5.12. The minimum atomic E-state index is 0.376. The Bertz CT molecular complexity index is 351. The first-order valence-corrected chi connectivity index (χ1v) is 5.70. The van der Waals surface area contributed by atoms with Crippen LogP contribution in [0.5, 0.6) is 0 Å². The van der Waals surface area contributed by atoms with Gasteiger partial charge in [0.15, 0.2) is 5.82 Å². The third-order valence-corrected chi connectivity index (χ3v) is 3.03. The second-order valence-electron chi connectivity index (χ2n) is 4.06. The number of nitrogens with one attached hydrogen (secondary N) is 2. The minimum Gasteiger partial charge on any atom is -0.378 e. The van der Waals surface area contributed by atoms with Gasteiger partial charge in [0.2, 0.25) is 6.41 Å². The third kappa shape index (κ3) is 2.41. The van der Waals surface area contributed by atoms with Gasteiger partial charge in [-0.3, -0.25) is 9.89 Å². The summed E-state index contributed by atoms with van der Waals surface area (Å²) >= 11 is 0. The van der Waals surface area contributed by atoms with Crippen LogP contribution >= 0.6 is 0 Å². The first-order valence-electron chi connectivity index (χ1n) is 5.70. The molecule has 2 atom stereocenters. The molecule has 0 aliphatic heterocycles. The Morgan fingerprint density at radius 1 is 1.69 bits per heavy atom. The van der Waals surface area contributed by atoms with Crippen molar-refractivity contribution < 1.29 is 9.53 Å². The zero-order chi connectivity index (χ0) is 11.4. The molecule has 1 saturated carbocycles. The largest absolute Gasteiger partial charge is 0.378 e. The molecule has 1 aliphatic carbocycles. The van der Waals surface area contributed by atoms with Crippen LogP contribution in [0.25, 0.3) is 0 Å². The van der Waals surface area contributed by atoms with E-state index in [1.165, 1.54) is 0 Å². The molecule has 5 heteroatoms. The van der Waals surface area contributed by atoms with Crippen molar-refractivity contribution in [2.45, 2.75) is 38.2 Å². The van der Waals surface area contributed by atoms with Gasteiger partial charge in [0.1, 0.15) is 0 Å². The van der Waals surface area contributed by atoms with Crippen molar-refractivity contribution in [3.05, 3.63) is 11.8 Å². The van der Waals surface area contributed by atoms with Gasteiger partial charge in [0.25, 0.3) is 0 Å². The number of hydrogen-bond acceptors (Lipinski definition) is 3. The van der Waals surface area contributed by atoms with E-state index in [9.17, 15) is 4.79 Å². The van der Waals surface area contributed by atoms with Crippen LogP contribution in [0.4, 0.5) is 5.82 Å². The highest BCUT2D eigenvalue weighted by Crippen LogP contribution is 2.35. The Kier molecular flexibility index (Phi) is 3.56. The van der Waals surface area contributed by atoms with E-state index in [2.05, 4.69) is 15.5 Å². The third-order valence-electron chi connectivity index (χ3n) is 3.03. The number of ether oxygens (including phenoxy) is 1. The van der Waals surface area contributed by atoms with Crippen LogP contribution in [0.15, 0.2) is 6.07 Å². The first kappa shape index (κ1) is 11.1. The Morgan fingerprint density at radius 3 is 3.31 bits per heavy atom. The monoisotopic (exact) mass is 223 g/mol. The quantitative estimate of drug-likeness (QED) is 0.746. The average Bonchev–Trinajstić information content (AvgIpc) is 2.87. The van der Waals surface area contributed by atoms with Gasteiger partial charge in [-0.1, -0.05) is 0 Å². The maximum atomic E-state index is 10.3. The Hall–Kier alpha value is -1.36. The van der Waals surface area contributed by atoms with Gasteiger partial charge in [-0.2, -0.15) is 5.10 Å². The number of amides is 1. The standard InChI is InChI=1S/C11H17N3O2/c1-2-16-9-4-3-8(5-9)10-6-11(12-7-15)14-13-10/h6-9H,2-5H2,1H3,(H2,12,13,14,15). The first-order chi connectivity index (χ1) is 7.83. The molecule has 0 spiro atoms.